The zero-order valence-electron chi connectivity index (χ0n) is 20.8. The second-order valence-electron chi connectivity index (χ2n) is 9.77. The van der Waals surface area contributed by atoms with E-state index < -0.39 is 24.1 Å². The Morgan fingerprint density at radius 1 is 0.722 bits per heavy atom. The quantitative estimate of drug-likeness (QED) is 0.379. The maximum Gasteiger partial charge on any atom is 0.338 e. The monoisotopic (exact) mass is 478 g/mol. The summed E-state index contributed by atoms with van der Waals surface area (Å²) in [5.74, 6) is -1.17. The van der Waals surface area contributed by atoms with Crippen LogP contribution in [-0.4, -0.2) is 24.1 Å². The average molecular weight is 479 g/mol. The first-order chi connectivity index (χ1) is 17.4. The highest BCUT2D eigenvalue weighted by Crippen LogP contribution is 2.48. The van der Waals surface area contributed by atoms with Crippen LogP contribution in [0.4, 0.5) is 0 Å². The van der Waals surface area contributed by atoms with Crippen LogP contribution in [0.2, 0.25) is 0 Å². The molecular formula is C32H30O4. The number of carbonyl (C=O) groups is 2. The van der Waals surface area contributed by atoms with E-state index in [1.54, 1.807) is 24.3 Å². The molecule has 0 amide bonds. The molecule has 4 heteroatoms. The lowest BCUT2D eigenvalue weighted by molar-refractivity contribution is -0.0603. The van der Waals surface area contributed by atoms with Crippen LogP contribution in [-0.2, 0) is 9.47 Å². The highest BCUT2D eigenvalue weighted by molar-refractivity contribution is 5.90. The van der Waals surface area contributed by atoms with Gasteiger partial charge in [-0.1, -0.05) is 90.9 Å². The summed E-state index contributed by atoms with van der Waals surface area (Å²) in [7, 11) is 0. The van der Waals surface area contributed by atoms with E-state index in [1.807, 2.05) is 43.3 Å². The van der Waals surface area contributed by atoms with Gasteiger partial charge in [-0.05, 0) is 49.2 Å². The van der Waals surface area contributed by atoms with E-state index in [-0.39, 0.29) is 17.8 Å². The standard InChI is InChI=1S/C32H30O4/c1-20-14-16-25(18-20)28-27-19-21(2)15-17-26(27)22(3)29(35-31(33)23-10-6-4-7-11-23)30(28)36-32(34)24-12-8-5-9-13-24/h4-19,22,25,28-30H,1-3H3/t22-,25?,28-,29?,30?/m0/s1. The maximum atomic E-state index is 13.3. The SMILES string of the molecule is CC1=CC([C@H]2c3cc(C)ccc3[C@H](C)C(OC(=O)c3ccccc3)C2OC(=O)c2ccccc2)C=C1. The van der Waals surface area contributed by atoms with E-state index >= 15 is 0 Å². The molecule has 3 unspecified atom stereocenters. The van der Waals surface area contributed by atoms with Crippen molar-refractivity contribution in [3.8, 4) is 0 Å². The van der Waals surface area contributed by atoms with Gasteiger partial charge in [-0.2, -0.15) is 0 Å². The van der Waals surface area contributed by atoms with Gasteiger partial charge in [0.2, 0.25) is 0 Å². The van der Waals surface area contributed by atoms with Gasteiger partial charge in [0.1, 0.15) is 12.2 Å². The van der Waals surface area contributed by atoms with E-state index in [1.165, 1.54) is 5.57 Å². The van der Waals surface area contributed by atoms with Crippen molar-refractivity contribution in [2.45, 2.75) is 44.8 Å². The summed E-state index contributed by atoms with van der Waals surface area (Å²) in [6, 6.07) is 24.3. The molecule has 5 atom stereocenters. The number of benzene rings is 3. The molecule has 3 aromatic rings. The Labute approximate surface area is 212 Å². The summed E-state index contributed by atoms with van der Waals surface area (Å²) < 4.78 is 12.5. The van der Waals surface area contributed by atoms with Crippen molar-refractivity contribution in [2.75, 3.05) is 0 Å². The lowest BCUT2D eigenvalue weighted by Gasteiger charge is -2.43. The third kappa shape index (κ3) is 4.64. The molecule has 4 nitrogen and oxygen atoms in total. The lowest BCUT2D eigenvalue weighted by atomic mass is 9.68. The van der Waals surface area contributed by atoms with Gasteiger partial charge >= 0.3 is 11.9 Å². The summed E-state index contributed by atoms with van der Waals surface area (Å²) in [6.07, 6.45) is 5.15. The minimum absolute atomic E-state index is 0.0181. The second-order valence-corrected chi connectivity index (χ2v) is 9.77. The molecule has 0 fully saturated rings. The van der Waals surface area contributed by atoms with E-state index in [9.17, 15) is 9.59 Å². The molecule has 0 N–H and O–H groups in total. The summed E-state index contributed by atoms with van der Waals surface area (Å²) in [5, 5.41) is 0. The summed E-state index contributed by atoms with van der Waals surface area (Å²) >= 11 is 0. The smallest absolute Gasteiger partial charge is 0.338 e. The predicted octanol–water partition coefficient (Wildman–Crippen LogP) is 6.78. The third-order valence-electron chi connectivity index (χ3n) is 7.22. The van der Waals surface area contributed by atoms with Crippen LogP contribution < -0.4 is 0 Å². The number of rotatable bonds is 5. The zero-order valence-corrected chi connectivity index (χ0v) is 20.8. The van der Waals surface area contributed by atoms with E-state index in [0.29, 0.717) is 11.1 Å². The van der Waals surface area contributed by atoms with E-state index in [4.69, 9.17) is 9.47 Å². The Bertz CT molecular complexity index is 1320. The highest BCUT2D eigenvalue weighted by atomic mass is 16.6. The van der Waals surface area contributed by atoms with Gasteiger partial charge < -0.3 is 9.47 Å². The molecule has 0 heterocycles. The molecule has 3 aromatic carbocycles. The first kappa shape index (κ1) is 23.8. The zero-order chi connectivity index (χ0) is 25.2. The summed E-state index contributed by atoms with van der Waals surface area (Å²) in [6.45, 7) is 6.18. The number of aryl methyl sites for hydroxylation is 1. The molecule has 5 rings (SSSR count). The van der Waals surface area contributed by atoms with Crippen molar-refractivity contribution in [1.29, 1.82) is 0 Å². The number of hydrogen-bond acceptors (Lipinski definition) is 4. The first-order valence-corrected chi connectivity index (χ1v) is 12.4. The summed E-state index contributed by atoms with van der Waals surface area (Å²) in [4.78, 5) is 26.5. The van der Waals surface area contributed by atoms with Crippen molar-refractivity contribution in [2.24, 2.45) is 5.92 Å². The molecule has 0 bridgehead atoms. The minimum Gasteiger partial charge on any atom is -0.454 e. The topological polar surface area (TPSA) is 52.6 Å². The number of ether oxygens (including phenoxy) is 2. The minimum atomic E-state index is -0.661. The molecule has 0 aromatic heterocycles. The van der Waals surface area contributed by atoms with Crippen molar-refractivity contribution in [1.82, 2.24) is 0 Å². The summed E-state index contributed by atoms with van der Waals surface area (Å²) in [5.41, 5.74) is 5.51. The molecule has 0 saturated heterocycles. The first-order valence-electron chi connectivity index (χ1n) is 12.4. The Hall–Kier alpha value is -3.92. The van der Waals surface area contributed by atoms with Crippen LogP contribution >= 0.6 is 0 Å². The Morgan fingerprint density at radius 3 is 1.86 bits per heavy atom. The van der Waals surface area contributed by atoms with Crippen LogP contribution in [0.25, 0.3) is 0 Å². The molecule has 0 saturated carbocycles. The van der Waals surface area contributed by atoms with Crippen LogP contribution in [0, 0.1) is 12.8 Å². The predicted molar refractivity (Wildman–Crippen MR) is 140 cm³/mol. The van der Waals surface area contributed by atoms with Crippen LogP contribution in [0.1, 0.15) is 63.1 Å². The van der Waals surface area contributed by atoms with Crippen molar-refractivity contribution < 1.29 is 19.1 Å². The van der Waals surface area contributed by atoms with Gasteiger partial charge in [0.05, 0.1) is 11.1 Å². The number of hydrogen-bond donors (Lipinski definition) is 0. The molecule has 0 aliphatic heterocycles. The fourth-order valence-electron chi connectivity index (χ4n) is 5.41. The molecule has 0 spiro atoms. The van der Waals surface area contributed by atoms with Crippen molar-refractivity contribution in [3.63, 3.8) is 0 Å². The van der Waals surface area contributed by atoms with E-state index in [2.05, 4.69) is 50.3 Å². The van der Waals surface area contributed by atoms with Gasteiger partial charge in [-0.15, -0.1) is 0 Å². The fourth-order valence-corrected chi connectivity index (χ4v) is 5.41. The molecule has 36 heavy (non-hydrogen) atoms. The Morgan fingerprint density at radius 2 is 1.31 bits per heavy atom. The van der Waals surface area contributed by atoms with Crippen LogP contribution in [0.15, 0.2) is 103 Å². The Balaban J connectivity index is 1.60. The Kier molecular flexibility index (Phi) is 6.60. The number of fused-ring (bicyclic) bond motifs is 1. The highest BCUT2D eigenvalue weighted by Gasteiger charge is 2.48. The third-order valence-corrected chi connectivity index (χ3v) is 7.22. The van der Waals surface area contributed by atoms with Gasteiger partial charge in [-0.3, -0.25) is 0 Å². The van der Waals surface area contributed by atoms with E-state index in [0.717, 1.165) is 16.7 Å². The number of allylic oxidation sites excluding steroid dienone is 4. The number of esters is 2. The van der Waals surface area contributed by atoms with Gasteiger partial charge in [-0.25, -0.2) is 9.59 Å². The van der Waals surface area contributed by atoms with Gasteiger partial charge in [0.15, 0.2) is 0 Å². The van der Waals surface area contributed by atoms with Crippen LogP contribution in [0.3, 0.4) is 0 Å². The van der Waals surface area contributed by atoms with Gasteiger partial charge in [0, 0.05) is 17.8 Å². The lowest BCUT2D eigenvalue weighted by Crippen LogP contribution is -2.48. The molecule has 182 valence electrons. The fraction of sp³-hybridized carbons (Fsp3) is 0.250. The molecule has 2 aliphatic rings. The van der Waals surface area contributed by atoms with Gasteiger partial charge in [0.25, 0.3) is 0 Å². The molecular weight excluding hydrogens is 448 g/mol. The van der Waals surface area contributed by atoms with Crippen LogP contribution in [0.5, 0.6) is 0 Å². The van der Waals surface area contributed by atoms with Crippen molar-refractivity contribution in [3.05, 3.63) is 130 Å². The number of carbonyl (C=O) groups excluding carboxylic acids is 2. The van der Waals surface area contributed by atoms with Crippen molar-refractivity contribution >= 4 is 11.9 Å². The normalized spacial score (nSPS) is 24.5. The molecule has 2 aliphatic carbocycles. The molecule has 0 radical (unpaired) electrons. The average Bonchev–Trinajstić information content (AvgIpc) is 3.32. The largest absolute Gasteiger partial charge is 0.454 e. The second kappa shape index (κ2) is 9.98. The maximum absolute atomic E-state index is 13.3.